The maximum Gasteiger partial charge on any atom is 0.306 e. The smallest absolute Gasteiger partial charge is 0.306 e. The van der Waals surface area contributed by atoms with Crippen LogP contribution in [0.1, 0.15) is 367 Å². The van der Waals surface area contributed by atoms with Crippen LogP contribution >= 0.6 is 0 Å². The molecule has 0 heterocycles. The molecule has 6 nitrogen and oxygen atoms in total. The second-order valence-corrected chi connectivity index (χ2v) is 22.4. The molecule has 0 bridgehead atoms. The Morgan fingerprint density at radius 2 is 0.493 bits per heavy atom. The van der Waals surface area contributed by atoms with Gasteiger partial charge in [-0.15, -0.1) is 0 Å². The number of carbonyl (C=O) groups excluding carboxylic acids is 3. The molecule has 6 heteroatoms. The lowest BCUT2D eigenvalue weighted by atomic mass is 10.0. The maximum absolute atomic E-state index is 12.8. The molecule has 0 aliphatic carbocycles. The molecule has 0 rings (SSSR count). The van der Waals surface area contributed by atoms with E-state index in [1.165, 1.54) is 257 Å². The molecule has 0 saturated heterocycles. The number of hydrogen-bond acceptors (Lipinski definition) is 6. The Balaban J connectivity index is 3.92. The second-order valence-electron chi connectivity index (χ2n) is 22.4. The second kappa shape index (κ2) is 62.4. The van der Waals surface area contributed by atoms with Crippen LogP contribution in [0.25, 0.3) is 0 Å². The van der Waals surface area contributed by atoms with Crippen molar-refractivity contribution in [1.29, 1.82) is 0 Å². The lowest BCUT2D eigenvalue weighted by Crippen LogP contribution is -2.30. The molecular formula is C67H126O6. The van der Waals surface area contributed by atoms with E-state index in [4.69, 9.17) is 14.2 Å². The largest absolute Gasteiger partial charge is 0.462 e. The molecule has 430 valence electrons. The van der Waals surface area contributed by atoms with Crippen molar-refractivity contribution in [3.63, 3.8) is 0 Å². The fourth-order valence-electron chi connectivity index (χ4n) is 10.0. The van der Waals surface area contributed by atoms with E-state index in [0.717, 1.165) is 70.6 Å². The van der Waals surface area contributed by atoms with Crippen LogP contribution in [-0.4, -0.2) is 37.2 Å². The number of allylic oxidation sites excluding steroid dienone is 4. The Morgan fingerprint density at radius 3 is 0.781 bits per heavy atom. The van der Waals surface area contributed by atoms with Gasteiger partial charge in [-0.1, -0.05) is 321 Å². The van der Waals surface area contributed by atoms with Crippen molar-refractivity contribution < 1.29 is 28.6 Å². The average molecular weight is 1030 g/mol. The summed E-state index contributed by atoms with van der Waals surface area (Å²) in [5.74, 6) is -0.867. The van der Waals surface area contributed by atoms with Crippen LogP contribution in [0.2, 0.25) is 0 Å². The van der Waals surface area contributed by atoms with Gasteiger partial charge in [-0.25, -0.2) is 0 Å². The quantitative estimate of drug-likeness (QED) is 0.0261. The monoisotopic (exact) mass is 1030 g/mol. The van der Waals surface area contributed by atoms with Gasteiger partial charge in [-0.3, -0.25) is 14.4 Å². The van der Waals surface area contributed by atoms with E-state index in [9.17, 15) is 14.4 Å². The van der Waals surface area contributed by atoms with Crippen molar-refractivity contribution in [2.45, 2.75) is 374 Å². The Bertz CT molecular complexity index is 1180. The summed E-state index contributed by atoms with van der Waals surface area (Å²) in [5, 5.41) is 0. The number of hydrogen-bond donors (Lipinski definition) is 0. The average Bonchev–Trinajstić information content (AvgIpc) is 3.39. The van der Waals surface area contributed by atoms with Gasteiger partial charge in [0.1, 0.15) is 13.2 Å². The zero-order chi connectivity index (χ0) is 52.9. The number of ether oxygens (including phenoxy) is 3. The van der Waals surface area contributed by atoms with Gasteiger partial charge in [0.25, 0.3) is 0 Å². The number of unbranched alkanes of at least 4 members (excludes halogenated alkanes) is 46. The van der Waals surface area contributed by atoms with Crippen molar-refractivity contribution in [3.8, 4) is 0 Å². The summed E-state index contributed by atoms with van der Waals surface area (Å²) in [5.41, 5.74) is 0. The highest BCUT2D eigenvalue weighted by molar-refractivity contribution is 5.71. The predicted molar refractivity (Wildman–Crippen MR) is 316 cm³/mol. The molecule has 0 N–H and O–H groups in total. The molecule has 73 heavy (non-hydrogen) atoms. The van der Waals surface area contributed by atoms with Crippen molar-refractivity contribution in [1.82, 2.24) is 0 Å². The summed E-state index contributed by atoms with van der Waals surface area (Å²) in [6.45, 7) is 6.61. The van der Waals surface area contributed by atoms with Crippen LogP contribution in [0.5, 0.6) is 0 Å². The summed E-state index contributed by atoms with van der Waals surface area (Å²) in [6, 6.07) is 0. The Labute approximate surface area is 455 Å². The van der Waals surface area contributed by atoms with Gasteiger partial charge in [0.05, 0.1) is 0 Å². The molecule has 0 amide bonds. The van der Waals surface area contributed by atoms with Gasteiger partial charge in [0.15, 0.2) is 6.10 Å². The van der Waals surface area contributed by atoms with Crippen LogP contribution in [0.4, 0.5) is 0 Å². The van der Waals surface area contributed by atoms with E-state index in [2.05, 4.69) is 45.1 Å². The number of carbonyl (C=O) groups is 3. The first-order chi connectivity index (χ1) is 36.0. The van der Waals surface area contributed by atoms with Gasteiger partial charge in [0, 0.05) is 19.3 Å². The lowest BCUT2D eigenvalue weighted by Gasteiger charge is -2.18. The van der Waals surface area contributed by atoms with E-state index in [1.807, 2.05) is 0 Å². The zero-order valence-corrected chi connectivity index (χ0v) is 49.4. The van der Waals surface area contributed by atoms with E-state index < -0.39 is 6.10 Å². The minimum absolute atomic E-state index is 0.0700. The highest BCUT2D eigenvalue weighted by atomic mass is 16.6. The molecule has 0 aromatic carbocycles. The van der Waals surface area contributed by atoms with Crippen molar-refractivity contribution >= 4 is 17.9 Å². The molecule has 0 radical (unpaired) electrons. The SMILES string of the molecule is CCCCC/C=C\C/C=C\CCCCCCCCCC(=O)OC(COC(=O)CCCCCCCC)COC(=O)CCCCCCCCCCCCCCCCCCCCCCCCCCCCCCCCCC. The van der Waals surface area contributed by atoms with Crippen LogP contribution in [0.15, 0.2) is 24.3 Å². The first-order valence-corrected chi connectivity index (χ1v) is 32.8. The first kappa shape index (κ1) is 70.9. The van der Waals surface area contributed by atoms with Crippen molar-refractivity contribution in [3.05, 3.63) is 24.3 Å². The van der Waals surface area contributed by atoms with Gasteiger partial charge in [0.2, 0.25) is 0 Å². The van der Waals surface area contributed by atoms with Crippen molar-refractivity contribution in [2.75, 3.05) is 13.2 Å². The van der Waals surface area contributed by atoms with Crippen LogP contribution in [0, 0.1) is 0 Å². The van der Waals surface area contributed by atoms with Crippen molar-refractivity contribution in [2.24, 2.45) is 0 Å². The molecule has 0 aromatic rings. The third kappa shape index (κ3) is 60.6. The minimum atomic E-state index is -0.769. The fraction of sp³-hybridized carbons (Fsp3) is 0.896. The summed E-state index contributed by atoms with van der Waals surface area (Å²) in [6.07, 6.45) is 75.3. The third-order valence-electron chi connectivity index (χ3n) is 15.0. The van der Waals surface area contributed by atoms with E-state index in [-0.39, 0.29) is 31.1 Å². The molecule has 0 aliphatic heterocycles. The van der Waals surface area contributed by atoms with Gasteiger partial charge in [-0.05, 0) is 51.4 Å². The van der Waals surface area contributed by atoms with Crippen LogP contribution in [-0.2, 0) is 28.6 Å². The molecule has 0 saturated carbocycles. The van der Waals surface area contributed by atoms with Gasteiger partial charge >= 0.3 is 17.9 Å². The molecular weight excluding hydrogens is 901 g/mol. The number of rotatable bonds is 61. The predicted octanol–water partition coefficient (Wildman–Crippen LogP) is 22.2. The minimum Gasteiger partial charge on any atom is -0.462 e. The highest BCUT2D eigenvalue weighted by Crippen LogP contribution is 2.18. The standard InChI is InChI=1S/C67H126O6/c1-4-7-10-13-16-18-20-22-24-26-27-28-29-30-31-32-33-34-35-36-37-38-39-40-42-43-45-47-49-51-54-57-60-66(69)72-63-64(62-71-65(68)59-56-53-15-12-9-6-3)73-67(70)61-58-55-52-50-48-46-44-41-25-23-21-19-17-14-11-8-5-2/h17,19,23,25,64H,4-16,18,20-22,24,26-63H2,1-3H3/b19-17-,25-23-. The number of esters is 3. The van der Waals surface area contributed by atoms with E-state index >= 15 is 0 Å². The Morgan fingerprint density at radius 1 is 0.274 bits per heavy atom. The lowest BCUT2D eigenvalue weighted by molar-refractivity contribution is -0.167. The highest BCUT2D eigenvalue weighted by Gasteiger charge is 2.19. The Kier molecular flexibility index (Phi) is 60.6. The van der Waals surface area contributed by atoms with E-state index in [0.29, 0.717) is 19.3 Å². The Hall–Kier alpha value is -2.11. The van der Waals surface area contributed by atoms with Crippen LogP contribution in [0.3, 0.4) is 0 Å². The molecule has 0 aromatic heterocycles. The summed E-state index contributed by atoms with van der Waals surface area (Å²) in [7, 11) is 0. The first-order valence-electron chi connectivity index (χ1n) is 32.8. The fourth-order valence-corrected chi connectivity index (χ4v) is 10.0. The normalized spacial score (nSPS) is 12.1. The van der Waals surface area contributed by atoms with E-state index in [1.54, 1.807) is 0 Å². The molecule has 1 atom stereocenters. The molecule has 1 unspecified atom stereocenters. The third-order valence-corrected chi connectivity index (χ3v) is 15.0. The zero-order valence-electron chi connectivity index (χ0n) is 49.4. The molecule has 0 spiro atoms. The van der Waals surface area contributed by atoms with Gasteiger partial charge in [-0.2, -0.15) is 0 Å². The van der Waals surface area contributed by atoms with Crippen LogP contribution < -0.4 is 0 Å². The molecule has 0 aliphatic rings. The summed E-state index contributed by atoms with van der Waals surface area (Å²) < 4.78 is 16.8. The van der Waals surface area contributed by atoms with Gasteiger partial charge < -0.3 is 14.2 Å². The maximum atomic E-state index is 12.8. The topological polar surface area (TPSA) is 78.9 Å². The molecule has 0 fully saturated rings. The summed E-state index contributed by atoms with van der Waals surface area (Å²) in [4.78, 5) is 37.9. The summed E-state index contributed by atoms with van der Waals surface area (Å²) >= 11 is 0.